The Morgan fingerprint density at radius 2 is 1.62 bits per heavy atom. The molecular weight excluding hydrogens is 364 g/mol. The van der Waals surface area contributed by atoms with Crippen LogP contribution in [0.15, 0.2) is 11.3 Å². The van der Waals surface area contributed by atoms with Crippen molar-refractivity contribution < 1.29 is 20.1 Å². The molecule has 0 amide bonds. The first-order valence-corrected chi connectivity index (χ1v) is 11.9. The third-order valence-electron chi connectivity index (χ3n) is 8.03. The summed E-state index contributed by atoms with van der Waals surface area (Å²) in [5.74, 6) is 0.854. The molecule has 0 aromatic carbocycles. The van der Waals surface area contributed by atoms with Gasteiger partial charge in [-0.05, 0) is 67.8 Å². The van der Waals surface area contributed by atoms with E-state index in [1.54, 1.807) is 0 Å². The lowest BCUT2D eigenvalue weighted by molar-refractivity contribution is -0.127. The van der Waals surface area contributed by atoms with E-state index in [2.05, 4.69) is 20.8 Å². The van der Waals surface area contributed by atoms with E-state index in [0.717, 1.165) is 50.5 Å². The second-order valence-electron chi connectivity index (χ2n) is 10.6. The molecule has 4 heteroatoms. The second-order valence-corrected chi connectivity index (χ2v) is 10.6. The van der Waals surface area contributed by atoms with E-state index < -0.39 is 5.41 Å². The minimum Gasteiger partial charge on any atom is -0.504 e. The Balaban J connectivity index is 2.29. The van der Waals surface area contributed by atoms with Crippen LogP contribution in [0, 0.1) is 35.0 Å². The average Bonchev–Trinajstić information content (AvgIpc) is 2.88. The molecular formula is C25H44O4. The molecule has 7 unspecified atom stereocenters. The van der Waals surface area contributed by atoms with Crippen LogP contribution in [0.5, 0.6) is 0 Å². The van der Waals surface area contributed by atoms with Crippen molar-refractivity contribution >= 4 is 5.78 Å². The van der Waals surface area contributed by atoms with Gasteiger partial charge in [0.1, 0.15) is 0 Å². The fourth-order valence-corrected chi connectivity index (χ4v) is 5.52. The lowest BCUT2D eigenvalue weighted by Crippen LogP contribution is -2.34. The van der Waals surface area contributed by atoms with Crippen molar-refractivity contribution in [1.82, 2.24) is 0 Å². The minimum absolute atomic E-state index is 0.0527. The largest absolute Gasteiger partial charge is 0.504 e. The van der Waals surface area contributed by atoms with Crippen LogP contribution in [0.25, 0.3) is 0 Å². The van der Waals surface area contributed by atoms with Crippen molar-refractivity contribution in [2.75, 3.05) is 6.61 Å². The van der Waals surface area contributed by atoms with Gasteiger partial charge in [-0.1, -0.05) is 53.9 Å². The Hall–Kier alpha value is -0.870. The van der Waals surface area contributed by atoms with Crippen LogP contribution >= 0.6 is 0 Å². The number of allylic oxidation sites excluding steroid dienone is 1. The van der Waals surface area contributed by atoms with Crippen LogP contribution in [0.3, 0.4) is 0 Å². The summed E-state index contributed by atoms with van der Waals surface area (Å²) in [5, 5.41) is 31.1. The van der Waals surface area contributed by atoms with E-state index in [4.69, 9.17) is 0 Å². The first-order valence-electron chi connectivity index (χ1n) is 11.9. The number of ketones is 1. The summed E-state index contributed by atoms with van der Waals surface area (Å²) in [6.07, 6.45) is 8.49. The molecule has 0 aromatic heterocycles. The van der Waals surface area contributed by atoms with Crippen molar-refractivity contribution in [2.45, 2.75) is 98.5 Å². The molecule has 2 rings (SSSR count). The number of carbonyl (C=O) groups excluding carboxylic acids is 1. The smallest absolute Gasteiger partial charge is 0.203 e. The highest BCUT2D eigenvalue weighted by atomic mass is 16.3. The summed E-state index contributed by atoms with van der Waals surface area (Å²) in [6, 6.07) is 0. The van der Waals surface area contributed by atoms with Crippen molar-refractivity contribution in [1.29, 1.82) is 0 Å². The summed E-state index contributed by atoms with van der Waals surface area (Å²) in [4.78, 5) is 13.1. The zero-order valence-electron chi connectivity index (χ0n) is 19.3. The van der Waals surface area contributed by atoms with E-state index in [0.29, 0.717) is 11.8 Å². The Morgan fingerprint density at radius 1 is 1.00 bits per heavy atom. The Kier molecular flexibility index (Phi) is 8.78. The van der Waals surface area contributed by atoms with Crippen LogP contribution < -0.4 is 0 Å². The molecule has 0 radical (unpaired) electrons. The van der Waals surface area contributed by atoms with E-state index in [9.17, 15) is 20.1 Å². The summed E-state index contributed by atoms with van der Waals surface area (Å²) in [6.45, 7) is 10.5. The normalized spacial score (nSPS) is 39.6. The van der Waals surface area contributed by atoms with E-state index in [1.807, 2.05) is 13.8 Å². The Morgan fingerprint density at radius 3 is 2.24 bits per heavy atom. The van der Waals surface area contributed by atoms with Crippen LogP contribution in [-0.2, 0) is 4.79 Å². The summed E-state index contributed by atoms with van der Waals surface area (Å²) in [5.41, 5.74) is 0.141. The van der Waals surface area contributed by atoms with Crippen molar-refractivity contribution in [3.63, 3.8) is 0 Å². The van der Waals surface area contributed by atoms with Crippen LogP contribution in [0.4, 0.5) is 0 Å². The van der Waals surface area contributed by atoms with Gasteiger partial charge in [0.2, 0.25) is 5.78 Å². The molecule has 1 fully saturated rings. The molecule has 0 bridgehead atoms. The third kappa shape index (κ3) is 5.64. The number of fused-ring (bicyclic) bond motifs is 1. The monoisotopic (exact) mass is 408 g/mol. The van der Waals surface area contributed by atoms with Gasteiger partial charge in [0.25, 0.3) is 0 Å². The van der Waals surface area contributed by atoms with E-state index in [1.165, 1.54) is 12.8 Å². The first-order chi connectivity index (χ1) is 13.6. The summed E-state index contributed by atoms with van der Waals surface area (Å²) >= 11 is 0. The second kappa shape index (κ2) is 10.4. The molecule has 7 atom stereocenters. The van der Waals surface area contributed by atoms with Gasteiger partial charge in [-0.2, -0.15) is 0 Å². The fraction of sp³-hybridized carbons (Fsp3) is 0.880. The maximum atomic E-state index is 13.1. The number of aliphatic hydroxyl groups excluding tert-OH is 3. The molecule has 3 N–H and O–H groups in total. The van der Waals surface area contributed by atoms with Gasteiger partial charge in [0, 0.05) is 17.9 Å². The highest BCUT2D eigenvalue weighted by Crippen LogP contribution is 2.51. The lowest BCUT2D eigenvalue weighted by Gasteiger charge is -2.35. The van der Waals surface area contributed by atoms with E-state index in [-0.39, 0.29) is 42.0 Å². The highest BCUT2D eigenvalue weighted by Gasteiger charge is 2.52. The maximum Gasteiger partial charge on any atom is 0.203 e. The molecule has 0 aromatic rings. The van der Waals surface area contributed by atoms with Gasteiger partial charge in [0.05, 0.1) is 6.10 Å². The molecule has 2 aliphatic carbocycles. The number of rotatable bonds is 2. The van der Waals surface area contributed by atoms with Gasteiger partial charge in [-0.3, -0.25) is 4.79 Å². The Labute approximate surface area is 177 Å². The van der Waals surface area contributed by atoms with E-state index >= 15 is 0 Å². The van der Waals surface area contributed by atoms with Crippen LogP contribution in [0.2, 0.25) is 0 Å². The standard InChI is InChI=1S/C25H44O4/c1-16-7-6-8-17(2)13-14-25(5)20(11-10-18(3)21(27)12-9-16)22(19(4)15-26)23(28)24(25)29/h16-21,26-28H,6-15H2,1-5H3. The first kappa shape index (κ1) is 24.4. The Bertz CT molecular complexity index is 583. The van der Waals surface area contributed by atoms with Crippen molar-refractivity contribution in [2.24, 2.45) is 35.0 Å². The van der Waals surface area contributed by atoms with Gasteiger partial charge in [-0.15, -0.1) is 0 Å². The number of Topliss-reactive ketones (excluding diaryl/α,β-unsaturated/α-hetero) is 1. The van der Waals surface area contributed by atoms with Crippen LogP contribution in [-0.4, -0.2) is 33.8 Å². The highest BCUT2D eigenvalue weighted by molar-refractivity contribution is 6.01. The number of hydrogen-bond acceptors (Lipinski definition) is 4. The molecule has 0 aliphatic heterocycles. The SMILES string of the molecule is CC1CCCC(C)CCC2(C)C(=O)C(O)=C(C(C)CO)C2CCC(C)C(O)CC1. The molecule has 2 aliphatic rings. The number of aliphatic hydroxyl groups is 3. The molecule has 0 spiro atoms. The minimum atomic E-state index is -0.602. The van der Waals surface area contributed by atoms with Gasteiger partial charge in [0.15, 0.2) is 5.76 Å². The van der Waals surface area contributed by atoms with Crippen molar-refractivity contribution in [3.05, 3.63) is 11.3 Å². The lowest BCUT2D eigenvalue weighted by atomic mass is 9.68. The fourth-order valence-electron chi connectivity index (χ4n) is 5.52. The third-order valence-corrected chi connectivity index (χ3v) is 8.03. The zero-order chi connectivity index (χ0) is 21.8. The maximum absolute atomic E-state index is 13.1. The van der Waals surface area contributed by atoms with Crippen molar-refractivity contribution in [3.8, 4) is 0 Å². The molecule has 1 saturated carbocycles. The quantitative estimate of drug-likeness (QED) is 0.569. The zero-order valence-corrected chi connectivity index (χ0v) is 19.3. The summed E-state index contributed by atoms with van der Waals surface area (Å²) < 4.78 is 0. The summed E-state index contributed by atoms with van der Waals surface area (Å²) in [7, 11) is 0. The topological polar surface area (TPSA) is 77.8 Å². The molecule has 29 heavy (non-hydrogen) atoms. The van der Waals surface area contributed by atoms with Crippen LogP contribution in [0.1, 0.15) is 92.4 Å². The molecule has 0 saturated heterocycles. The molecule has 0 heterocycles. The molecule has 168 valence electrons. The van der Waals surface area contributed by atoms with Gasteiger partial charge < -0.3 is 15.3 Å². The predicted molar refractivity (Wildman–Crippen MR) is 118 cm³/mol. The average molecular weight is 409 g/mol. The number of hydrogen-bond donors (Lipinski definition) is 3. The molecule has 4 nitrogen and oxygen atoms in total. The van der Waals surface area contributed by atoms with Gasteiger partial charge in [-0.25, -0.2) is 0 Å². The number of carbonyl (C=O) groups is 1. The predicted octanol–water partition coefficient (Wildman–Crippen LogP) is 5.43. The van der Waals surface area contributed by atoms with Gasteiger partial charge >= 0.3 is 0 Å².